The van der Waals surface area contributed by atoms with E-state index in [1.807, 2.05) is 0 Å². The Kier molecular flexibility index (Phi) is 1.92. The number of nitro groups is 1. The maximum Gasteiger partial charge on any atom is 0.231 e. The highest BCUT2D eigenvalue weighted by atomic mass is 16.6. The van der Waals surface area contributed by atoms with Gasteiger partial charge in [-0.3, -0.25) is 10.1 Å². The molecule has 0 heterocycles. The molecule has 0 unspecified atom stereocenters. The topological polar surface area (TPSA) is 63.4 Å². The van der Waals surface area contributed by atoms with E-state index in [1.165, 1.54) is 13.8 Å². The molecular formula is C4H9NO3. The molecule has 8 heavy (non-hydrogen) atoms. The highest BCUT2D eigenvalue weighted by Gasteiger charge is 2.19. The summed E-state index contributed by atoms with van der Waals surface area (Å²) in [7, 11) is 0. The third kappa shape index (κ3) is 5.36. The number of nitrogens with zero attached hydrogens (tertiary/aromatic N) is 1. The molecule has 4 heteroatoms. The first-order chi connectivity index (χ1) is 3.42. The van der Waals surface area contributed by atoms with Crippen molar-refractivity contribution in [2.24, 2.45) is 0 Å². The summed E-state index contributed by atoms with van der Waals surface area (Å²) in [5, 5.41) is 18.4. The van der Waals surface area contributed by atoms with Crippen molar-refractivity contribution in [2.75, 3.05) is 6.54 Å². The van der Waals surface area contributed by atoms with Crippen molar-refractivity contribution in [3.8, 4) is 0 Å². The lowest BCUT2D eigenvalue weighted by Crippen LogP contribution is -2.29. The number of hydrogen-bond donors (Lipinski definition) is 1. The van der Waals surface area contributed by atoms with Crippen molar-refractivity contribution >= 4 is 0 Å². The highest BCUT2D eigenvalue weighted by Crippen LogP contribution is 1.98. The summed E-state index contributed by atoms with van der Waals surface area (Å²) in [5.41, 5.74) is -1.18. The van der Waals surface area contributed by atoms with Crippen LogP contribution in [0.3, 0.4) is 0 Å². The molecule has 4 nitrogen and oxygen atoms in total. The Morgan fingerprint density at radius 1 is 1.75 bits per heavy atom. The van der Waals surface area contributed by atoms with Crippen LogP contribution >= 0.6 is 0 Å². The molecule has 0 spiro atoms. The van der Waals surface area contributed by atoms with Gasteiger partial charge in [0.2, 0.25) is 6.54 Å². The average Bonchev–Trinajstić information content (AvgIpc) is 1.21. The van der Waals surface area contributed by atoms with Crippen molar-refractivity contribution < 1.29 is 10.0 Å². The van der Waals surface area contributed by atoms with Gasteiger partial charge in [0.1, 0.15) is 5.60 Å². The van der Waals surface area contributed by atoms with Crippen LogP contribution in [0, 0.1) is 10.1 Å². The van der Waals surface area contributed by atoms with Crippen LogP contribution in [0.5, 0.6) is 0 Å². The van der Waals surface area contributed by atoms with Crippen molar-refractivity contribution in [2.45, 2.75) is 19.4 Å². The second kappa shape index (κ2) is 2.09. The van der Waals surface area contributed by atoms with Gasteiger partial charge in [-0.25, -0.2) is 0 Å². The Bertz CT molecular complexity index is 93.9. The normalized spacial score (nSPS) is 11.4. The molecule has 0 aromatic heterocycles. The van der Waals surface area contributed by atoms with Crippen molar-refractivity contribution in [1.82, 2.24) is 0 Å². The molecule has 48 valence electrons. The molecule has 1 N–H and O–H groups in total. The average molecular weight is 119 g/mol. The number of rotatable bonds is 2. The molecule has 0 fully saturated rings. The van der Waals surface area contributed by atoms with Crippen LogP contribution < -0.4 is 0 Å². The zero-order chi connectivity index (χ0) is 6.78. The first kappa shape index (κ1) is 7.36. The van der Waals surface area contributed by atoms with Crippen LogP contribution in [0.15, 0.2) is 0 Å². The van der Waals surface area contributed by atoms with Gasteiger partial charge in [-0.1, -0.05) is 0 Å². The van der Waals surface area contributed by atoms with Gasteiger partial charge in [0.15, 0.2) is 0 Å². The first-order valence-corrected chi connectivity index (χ1v) is 2.26. The van der Waals surface area contributed by atoms with E-state index in [1.54, 1.807) is 0 Å². The van der Waals surface area contributed by atoms with E-state index in [9.17, 15) is 10.1 Å². The minimum Gasteiger partial charge on any atom is -0.384 e. The van der Waals surface area contributed by atoms with E-state index >= 15 is 0 Å². The van der Waals surface area contributed by atoms with E-state index in [4.69, 9.17) is 5.11 Å². The maximum atomic E-state index is 9.66. The number of aliphatic hydroxyl groups is 1. The van der Waals surface area contributed by atoms with E-state index < -0.39 is 17.1 Å². The maximum absolute atomic E-state index is 9.66. The molecule has 0 rings (SSSR count). The summed E-state index contributed by atoms with van der Waals surface area (Å²) in [6.45, 7) is 2.40. The smallest absolute Gasteiger partial charge is 0.231 e. The zero-order valence-electron chi connectivity index (χ0n) is 4.92. The molecule has 0 aromatic carbocycles. The Morgan fingerprint density at radius 3 is 2.12 bits per heavy atom. The van der Waals surface area contributed by atoms with E-state index in [-0.39, 0.29) is 0 Å². The van der Waals surface area contributed by atoms with Crippen LogP contribution in [0.4, 0.5) is 0 Å². The van der Waals surface area contributed by atoms with Gasteiger partial charge in [0.25, 0.3) is 0 Å². The molecule has 0 aromatic rings. The lowest BCUT2D eigenvalue weighted by atomic mass is 10.1. The van der Waals surface area contributed by atoms with Crippen LogP contribution in [-0.2, 0) is 0 Å². The van der Waals surface area contributed by atoms with Gasteiger partial charge in [-0.15, -0.1) is 0 Å². The van der Waals surface area contributed by atoms with E-state index in [2.05, 4.69) is 0 Å². The molecule has 0 radical (unpaired) electrons. The lowest BCUT2D eigenvalue weighted by Gasteiger charge is -2.08. The summed E-state index contributed by atoms with van der Waals surface area (Å²) in [5.74, 6) is 0. The van der Waals surface area contributed by atoms with Crippen molar-refractivity contribution in [1.29, 1.82) is 0 Å². The lowest BCUT2D eigenvalue weighted by molar-refractivity contribution is -0.498. The Hall–Kier alpha value is -0.640. The quantitative estimate of drug-likeness (QED) is 0.412. The third-order valence-corrected chi connectivity index (χ3v) is 0.516. The minimum absolute atomic E-state index is 0.396. The number of hydrogen-bond acceptors (Lipinski definition) is 3. The van der Waals surface area contributed by atoms with Gasteiger partial charge < -0.3 is 5.11 Å². The molecule has 0 saturated heterocycles. The van der Waals surface area contributed by atoms with Crippen LogP contribution in [0.2, 0.25) is 0 Å². The van der Waals surface area contributed by atoms with E-state index in [0.29, 0.717) is 0 Å². The van der Waals surface area contributed by atoms with Gasteiger partial charge in [-0.2, -0.15) is 0 Å². The molecule has 0 aliphatic heterocycles. The molecule has 0 saturated carbocycles. The predicted octanol–water partition coefficient (Wildman–Crippen LogP) is 0.0340. The Morgan fingerprint density at radius 2 is 2.12 bits per heavy atom. The fourth-order valence-corrected chi connectivity index (χ4v) is 0.316. The standard InChI is InChI=1S/C4H9NO3/c1-4(2,6)3-5(7)8/h6H,3H2,1-2H3. The molecular weight excluding hydrogens is 110 g/mol. The highest BCUT2D eigenvalue weighted by molar-refractivity contribution is 4.60. The minimum atomic E-state index is -1.18. The molecule has 0 atom stereocenters. The van der Waals surface area contributed by atoms with Crippen molar-refractivity contribution in [3.05, 3.63) is 10.1 Å². The molecule has 0 aliphatic rings. The van der Waals surface area contributed by atoms with Crippen LogP contribution in [0.1, 0.15) is 13.8 Å². The summed E-state index contributed by atoms with van der Waals surface area (Å²) in [4.78, 5) is 9.12. The summed E-state index contributed by atoms with van der Waals surface area (Å²) >= 11 is 0. The largest absolute Gasteiger partial charge is 0.384 e. The van der Waals surface area contributed by atoms with Gasteiger partial charge >= 0.3 is 0 Å². The van der Waals surface area contributed by atoms with Crippen LogP contribution in [0.25, 0.3) is 0 Å². The molecule has 0 amide bonds. The first-order valence-electron chi connectivity index (χ1n) is 2.26. The fraction of sp³-hybridized carbons (Fsp3) is 1.00. The molecule has 0 bridgehead atoms. The monoisotopic (exact) mass is 119 g/mol. The van der Waals surface area contributed by atoms with Gasteiger partial charge in [0, 0.05) is 4.92 Å². The molecule has 0 aliphatic carbocycles. The third-order valence-electron chi connectivity index (χ3n) is 0.516. The SMILES string of the molecule is CC(C)(O)C[N+](=O)[O-]. The Labute approximate surface area is 47.3 Å². The van der Waals surface area contributed by atoms with Crippen molar-refractivity contribution in [3.63, 3.8) is 0 Å². The second-order valence-electron chi connectivity index (χ2n) is 2.30. The van der Waals surface area contributed by atoms with Crippen LogP contribution in [-0.4, -0.2) is 22.2 Å². The fourth-order valence-electron chi connectivity index (χ4n) is 0.316. The van der Waals surface area contributed by atoms with Gasteiger partial charge in [0.05, 0.1) is 0 Å². The second-order valence-corrected chi connectivity index (χ2v) is 2.30. The van der Waals surface area contributed by atoms with E-state index in [0.717, 1.165) is 0 Å². The zero-order valence-corrected chi connectivity index (χ0v) is 4.92. The Balaban J connectivity index is 3.55. The predicted molar refractivity (Wildman–Crippen MR) is 28.2 cm³/mol. The van der Waals surface area contributed by atoms with Gasteiger partial charge in [-0.05, 0) is 13.8 Å². The summed E-state index contributed by atoms with van der Waals surface area (Å²) < 4.78 is 0. The summed E-state index contributed by atoms with van der Waals surface area (Å²) in [6, 6.07) is 0. The summed E-state index contributed by atoms with van der Waals surface area (Å²) in [6.07, 6.45) is 0.